The van der Waals surface area contributed by atoms with E-state index in [2.05, 4.69) is 45.0 Å². The molecule has 1 fully saturated rings. The van der Waals surface area contributed by atoms with Gasteiger partial charge in [0.25, 0.3) is 8.32 Å². The lowest BCUT2D eigenvalue weighted by molar-refractivity contribution is -0.182. The normalized spacial score (nSPS) is 15.5. The summed E-state index contributed by atoms with van der Waals surface area (Å²) < 4.78 is 56.0. The lowest BCUT2D eigenvalue weighted by atomic mass is 9.78. The van der Waals surface area contributed by atoms with Gasteiger partial charge in [0.15, 0.2) is 6.61 Å². The van der Waals surface area contributed by atoms with Gasteiger partial charge >= 0.3 is 18.1 Å². The van der Waals surface area contributed by atoms with Gasteiger partial charge in [0.1, 0.15) is 0 Å². The lowest BCUT2D eigenvalue weighted by Crippen LogP contribution is -2.70. The van der Waals surface area contributed by atoms with Gasteiger partial charge in [-0.15, -0.1) is 0 Å². The molecule has 0 spiro atoms. The number of rotatable bonds is 9. The monoisotopic (exact) mass is 596 g/mol. The number of alkyl halides is 3. The first-order chi connectivity index (χ1) is 19.8. The molecule has 3 aromatic carbocycles. The van der Waals surface area contributed by atoms with E-state index < -0.39 is 38.6 Å². The Labute approximate surface area is 245 Å². The van der Waals surface area contributed by atoms with Crippen LogP contribution in [0.4, 0.5) is 13.2 Å². The number of methoxy groups -OCH3 is 1. The zero-order valence-corrected chi connectivity index (χ0v) is 25.2. The first-order valence-electron chi connectivity index (χ1n) is 13.8. The third kappa shape index (κ3) is 6.68. The Hall–Kier alpha value is -3.69. The van der Waals surface area contributed by atoms with Crippen molar-refractivity contribution in [1.82, 2.24) is 0 Å². The number of carbonyl (C=O) groups is 2. The first-order valence-corrected chi connectivity index (χ1v) is 15.7. The van der Waals surface area contributed by atoms with Crippen LogP contribution in [-0.4, -0.2) is 45.8 Å². The molecule has 0 saturated heterocycles. The fraction of sp³-hybridized carbons (Fsp3) is 0.333. The Morgan fingerprint density at radius 3 is 1.74 bits per heavy atom. The van der Waals surface area contributed by atoms with Crippen molar-refractivity contribution in [2.24, 2.45) is 0 Å². The van der Waals surface area contributed by atoms with Crippen LogP contribution >= 0.6 is 0 Å². The average Bonchev–Trinajstić information content (AvgIpc) is 2.95. The number of hydrogen-bond donors (Lipinski definition) is 0. The minimum atomic E-state index is -4.69. The molecule has 0 aliphatic heterocycles. The molecule has 222 valence electrons. The van der Waals surface area contributed by atoms with Crippen molar-refractivity contribution in [3.8, 4) is 0 Å². The number of halogens is 3. The zero-order valence-electron chi connectivity index (χ0n) is 24.2. The van der Waals surface area contributed by atoms with Gasteiger partial charge < -0.3 is 13.9 Å². The van der Waals surface area contributed by atoms with Gasteiger partial charge in [0, 0.05) is 0 Å². The third-order valence-corrected chi connectivity index (χ3v) is 12.7. The minimum absolute atomic E-state index is 0.0479. The van der Waals surface area contributed by atoms with E-state index in [0.29, 0.717) is 18.4 Å². The molecule has 1 aliphatic carbocycles. The minimum Gasteiger partial charge on any atom is -0.465 e. The van der Waals surface area contributed by atoms with E-state index >= 15 is 0 Å². The molecule has 0 radical (unpaired) electrons. The summed E-state index contributed by atoms with van der Waals surface area (Å²) in [5.74, 6) is -1.69. The number of esters is 2. The molecule has 42 heavy (non-hydrogen) atoms. The molecule has 0 unspecified atom stereocenters. The summed E-state index contributed by atoms with van der Waals surface area (Å²) >= 11 is 0. The quantitative estimate of drug-likeness (QED) is 0.161. The van der Waals surface area contributed by atoms with E-state index in [0.717, 1.165) is 16.8 Å². The van der Waals surface area contributed by atoms with Gasteiger partial charge in [0.2, 0.25) is 0 Å². The van der Waals surface area contributed by atoms with E-state index in [-0.39, 0.29) is 16.2 Å². The van der Waals surface area contributed by atoms with Crippen molar-refractivity contribution < 1.29 is 36.7 Å². The van der Waals surface area contributed by atoms with Crippen LogP contribution < -0.4 is 10.4 Å². The van der Waals surface area contributed by atoms with Crippen molar-refractivity contribution in [2.45, 2.75) is 56.8 Å². The van der Waals surface area contributed by atoms with E-state index in [1.54, 1.807) is 6.08 Å². The maximum absolute atomic E-state index is 13.3. The molecule has 0 atom stereocenters. The Bertz CT molecular complexity index is 1370. The molecular formula is C33H35F3O5Si. The topological polar surface area (TPSA) is 61.8 Å². The number of hydrogen-bond acceptors (Lipinski definition) is 5. The van der Waals surface area contributed by atoms with E-state index in [1.165, 1.54) is 31.4 Å². The maximum Gasteiger partial charge on any atom is 0.422 e. The van der Waals surface area contributed by atoms with Gasteiger partial charge in [0.05, 0.1) is 23.8 Å². The summed E-state index contributed by atoms with van der Waals surface area (Å²) in [6.07, 6.45) is -1.07. The lowest BCUT2D eigenvalue weighted by Gasteiger charge is -2.52. The maximum atomic E-state index is 13.3. The van der Waals surface area contributed by atoms with Crippen LogP contribution in [0.25, 0.3) is 5.57 Å². The predicted octanol–water partition coefficient (Wildman–Crippen LogP) is 6.46. The second kappa shape index (κ2) is 12.3. The van der Waals surface area contributed by atoms with Crippen molar-refractivity contribution >= 4 is 36.2 Å². The molecule has 0 N–H and O–H groups in total. The van der Waals surface area contributed by atoms with Crippen molar-refractivity contribution in [3.63, 3.8) is 0 Å². The van der Waals surface area contributed by atoms with Crippen LogP contribution in [0.3, 0.4) is 0 Å². The van der Waals surface area contributed by atoms with E-state index in [9.17, 15) is 22.8 Å². The molecule has 0 bridgehead atoms. The Morgan fingerprint density at radius 2 is 1.33 bits per heavy atom. The van der Waals surface area contributed by atoms with Crippen molar-refractivity contribution in [1.29, 1.82) is 0 Å². The number of benzene rings is 3. The van der Waals surface area contributed by atoms with Gasteiger partial charge in [-0.25, -0.2) is 9.59 Å². The summed E-state index contributed by atoms with van der Waals surface area (Å²) in [5.41, 5.74) is -0.426. The molecule has 0 aromatic heterocycles. The molecule has 1 aliphatic rings. The Balaban J connectivity index is 1.87. The van der Waals surface area contributed by atoms with Gasteiger partial charge in [-0.2, -0.15) is 13.2 Å². The highest BCUT2D eigenvalue weighted by atomic mass is 28.4. The smallest absolute Gasteiger partial charge is 0.422 e. The molecule has 0 heterocycles. The SMILES string of the molecule is COC(=O)c1ccc(/C(=C\C2(O[Si](c3ccccc3)(c3ccccc3)C(C)(C)C)CCC2)C(=O)OCC(F)(F)F)cc1. The van der Waals surface area contributed by atoms with E-state index in [1.807, 2.05) is 36.4 Å². The molecule has 9 heteroatoms. The van der Waals surface area contributed by atoms with Crippen LogP contribution in [-0.2, 0) is 18.7 Å². The highest BCUT2D eigenvalue weighted by Crippen LogP contribution is 2.47. The fourth-order valence-electron chi connectivity index (χ4n) is 5.41. The van der Waals surface area contributed by atoms with Gasteiger partial charge in [-0.1, -0.05) is 93.6 Å². The zero-order chi connectivity index (χ0) is 30.6. The Morgan fingerprint density at radius 1 is 0.833 bits per heavy atom. The third-order valence-electron chi connectivity index (χ3n) is 7.58. The molecule has 3 aromatic rings. The Kier molecular flexibility index (Phi) is 9.13. The van der Waals surface area contributed by atoms with Gasteiger partial charge in [-0.3, -0.25) is 0 Å². The molecule has 5 nitrogen and oxygen atoms in total. The number of carbonyl (C=O) groups excluding carboxylic acids is 2. The summed E-state index contributed by atoms with van der Waals surface area (Å²) in [4.78, 5) is 25.2. The predicted molar refractivity (Wildman–Crippen MR) is 158 cm³/mol. The summed E-state index contributed by atoms with van der Waals surface area (Å²) in [7, 11) is -1.82. The standard InChI is InChI=1S/C33H35F3O5Si/c1-31(2,3)42(26-12-7-5-8-13-26,27-14-9-6-10-15-27)41-32(20-11-21-32)22-28(30(38)40-23-33(34,35)36)24-16-18-25(19-17-24)29(37)39-4/h5-10,12-19,22H,11,20-21,23H2,1-4H3/b28-22+. The van der Waals surface area contributed by atoms with E-state index in [4.69, 9.17) is 13.9 Å². The molecular weight excluding hydrogens is 561 g/mol. The second-order valence-corrected chi connectivity index (χ2v) is 15.7. The van der Waals surface area contributed by atoms with Crippen LogP contribution in [0, 0.1) is 0 Å². The fourth-order valence-corrected chi connectivity index (χ4v) is 10.2. The molecule has 1 saturated carbocycles. The van der Waals surface area contributed by atoms with Crippen molar-refractivity contribution in [2.75, 3.05) is 13.7 Å². The summed E-state index contributed by atoms with van der Waals surface area (Å²) in [6, 6.07) is 26.0. The first kappa shape index (κ1) is 31.2. The second-order valence-electron chi connectivity index (χ2n) is 11.5. The summed E-state index contributed by atoms with van der Waals surface area (Å²) in [6.45, 7) is 4.70. The van der Waals surface area contributed by atoms with Crippen LogP contribution in [0.1, 0.15) is 56.0 Å². The highest BCUT2D eigenvalue weighted by molar-refractivity contribution is 6.99. The molecule has 0 amide bonds. The molecule has 4 rings (SSSR count). The highest BCUT2D eigenvalue weighted by Gasteiger charge is 2.55. The average molecular weight is 597 g/mol. The van der Waals surface area contributed by atoms with Crippen LogP contribution in [0.15, 0.2) is 91.0 Å². The van der Waals surface area contributed by atoms with Crippen LogP contribution in [0.5, 0.6) is 0 Å². The largest absolute Gasteiger partial charge is 0.465 e. The number of ether oxygens (including phenoxy) is 2. The van der Waals surface area contributed by atoms with Crippen molar-refractivity contribution in [3.05, 3.63) is 102 Å². The van der Waals surface area contributed by atoms with Gasteiger partial charge in [-0.05, 0) is 58.4 Å². The summed E-state index contributed by atoms with van der Waals surface area (Å²) in [5, 5.41) is 1.74. The van der Waals surface area contributed by atoms with Crippen LogP contribution in [0.2, 0.25) is 5.04 Å².